The molecule has 5 heteroatoms. The summed E-state index contributed by atoms with van der Waals surface area (Å²) < 4.78 is 7.30. The Morgan fingerprint density at radius 2 is 2.06 bits per heavy atom. The van der Waals surface area contributed by atoms with Gasteiger partial charge in [-0.25, -0.2) is 4.68 Å². The van der Waals surface area contributed by atoms with Crippen LogP contribution in [0.1, 0.15) is 19.5 Å². The summed E-state index contributed by atoms with van der Waals surface area (Å²) in [5.74, 6) is 0. The molecule has 98 valence electrons. The number of ether oxygens (including phenoxy) is 1. The molecule has 0 fully saturated rings. The molecule has 1 heterocycles. The first-order chi connectivity index (χ1) is 7.68. The van der Waals surface area contributed by atoms with Gasteiger partial charge in [0.15, 0.2) is 0 Å². The number of rotatable bonds is 6. The highest BCUT2D eigenvalue weighted by Gasteiger charge is 2.19. The lowest BCUT2D eigenvalue weighted by molar-refractivity contribution is 0.0627. The van der Waals surface area contributed by atoms with Crippen molar-refractivity contribution < 1.29 is 9.84 Å². The Hall–Kier alpha value is -0.653. The summed E-state index contributed by atoms with van der Waals surface area (Å²) in [4.78, 5) is 0. The first kappa shape index (κ1) is 14.4. The van der Waals surface area contributed by atoms with Crippen LogP contribution < -0.4 is 0 Å². The molecule has 0 atom stereocenters. The number of nitrogens with zero attached hydrogens (tertiary/aromatic N) is 2. The summed E-state index contributed by atoms with van der Waals surface area (Å²) in [5.41, 5.74) is -0.213. The molecular weight excluding hydrogens is 232 g/mol. The minimum atomic E-state index is -1.01. The number of aliphatic hydroxyl groups is 1. The van der Waals surface area contributed by atoms with E-state index in [1.807, 2.05) is 12.3 Å². The van der Waals surface area contributed by atoms with E-state index in [1.165, 1.54) is 0 Å². The highest BCUT2D eigenvalue weighted by molar-refractivity contribution is 6.76. The van der Waals surface area contributed by atoms with Crippen LogP contribution in [-0.4, -0.2) is 29.6 Å². The summed E-state index contributed by atoms with van der Waals surface area (Å²) in [6, 6.07) is 2.98. The zero-order valence-electron chi connectivity index (χ0n) is 11.5. The monoisotopic (exact) mass is 256 g/mol. The smallest absolute Gasteiger partial charge is 0.139 e. The van der Waals surface area contributed by atoms with Gasteiger partial charge in [-0.05, 0) is 26.0 Å². The lowest BCUT2D eigenvalue weighted by atomic mass is 10.1. The maximum atomic E-state index is 9.77. The second-order valence-electron chi connectivity index (χ2n) is 6.15. The van der Waals surface area contributed by atoms with Crippen LogP contribution in [0.2, 0.25) is 25.7 Å². The van der Waals surface area contributed by atoms with Gasteiger partial charge in [-0.1, -0.05) is 19.6 Å². The summed E-state index contributed by atoms with van der Waals surface area (Å²) in [7, 11) is -1.01. The summed E-state index contributed by atoms with van der Waals surface area (Å²) in [6.45, 7) is 11.7. The molecule has 1 aromatic heterocycles. The number of hydrogen-bond donors (Lipinski definition) is 1. The zero-order valence-corrected chi connectivity index (χ0v) is 12.5. The van der Waals surface area contributed by atoms with Crippen LogP contribution in [0.5, 0.6) is 0 Å². The number of aromatic nitrogens is 2. The molecule has 0 saturated heterocycles. The molecule has 0 saturated carbocycles. The quantitative estimate of drug-likeness (QED) is 0.628. The second kappa shape index (κ2) is 5.33. The molecule has 0 aliphatic rings. The third kappa shape index (κ3) is 5.47. The molecule has 1 rings (SSSR count). The molecule has 0 bridgehead atoms. The Morgan fingerprint density at radius 1 is 1.41 bits per heavy atom. The molecule has 0 aliphatic carbocycles. The molecule has 0 amide bonds. The molecule has 0 unspecified atom stereocenters. The van der Waals surface area contributed by atoms with Gasteiger partial charge in [0.25, 0.3) is 0 Å². The van der Waals surface area contributed by atoms with Gasteiger partial charge in [-0.3, -0.25) is 0 Å². The molecule has 0 spiro atoms. The van der Waals surface area contributed by atoms with Crippen LogP contribution in [0.4, 0.5) is 0 Å². The van der Waals surface area contributed by atoms with Crippen molar-refractivity contribution in [2.75, 3.05) is 6.61 Å². The van der Waals surface area contributed by atoms with Gasteiger partial charge >= 0.3 is 0 Å². The maximum absolute atomic E-state index is 9.77. The summed E-state index contributed by atoms with van der Waals surface area (Å²) in [6.07, 6.45) is 1.84. The minimum absolute atomic E-state index is 0.459. The van der Waals surface area contributed by atoms with E-state index < -0.39 is 13.7 Å². The Morgan fingerprint density at radius 3 is 2.53 bits per heavy atom. The highest BCUT2D eigenvalue weighted by Crippen LogP contribution is 2.16. The van der Waals surface area contributed by atoms with E-state index in [-0.39, 0.29) is 0 Å². The van der Waals surface area contributed by atoms with Crippen molar-refractivity contribution in [2.45, 2.75) is 51.9 Å². The van der Waals surface area contributed by atoms with E-state index in [0.29, 0.717) is 12.4 Å². The number of hydrogen-bond acceptors (Lipinski definition) is 3. The fourth-order valence-electron chi connectivity index (χ4n) is 1.30. The molecule has 0 aromatic carbocycles. The van der Waals surface area contributed by atoms with Gasteiger partial charge < -0.3 is 9.84 Å². The average Bonchev–Trinajstić information content (AvgIpc) is 2.58. The standard InChI is InChI=1S/C12H24N2O2Si/c1-12(2,15)11-6-7-14(13-11)10-16-8-9-17(3,4)5/h6-7,15H,8-10H2,1-5H3. The van der Waals surface area contributed by atoms with Gasteiger partial charge in [-0.2, -0.15) is 5.10 Å². The van der Waals surface area contributed by atoms with E-state index in [1.54, 1.807) is 18.5 Å². The van der Waals surface area contributed by atoms with Crippen molar-refractivity contribution in [3.63, 3.8) is 0 Å². The van der Waals surface area contributed by atoms with Crippen molar-refractivity contribution in [2.24, 2.45) is 0 Å². The van der Waals surface area contributed by atoms with Crippen LogP contribution in [0.3, 0.4) is 0 Å². The molecular formula is C12H24N2O2Si. The summed E-state index contributed by atoms with van der Waals surface area (Å²) >= 11 is 0. The second-order valence-corrected chi connectivity index (χ2v) is 11.8. The predicted molar refractivity (Wildman–Crippen MR) is 71.6 cm³/mol. The largest absolute Gasteiger partial charge is 0.384 e. The van der Waals surface area contributed by atoms with Gasteiger partial charge in [-0.15, -0.1) is 0 Å². The van der Waals surface area contributed by atoms with Crippen molar-refractivity contribution in [1.82, 2.24) is 9.78 Å². The van der Waals surface area contributed by atoms with E-state index in [4.69, 9.17) is 4.74 Å². The first-order valence-corrected chi connectivity index (χ1v) is 9.73. The molecule has 0 radical (unpaired) electrons. The Bertz CT molecular complexity index is 350. The zero-order chi connectivity index (χ0) is 13.1. The van der Waals surface area contributed by atoms with Crippen molar-refractivity contribution in [3.05, 3.63) is 18.0 Å². The molecule has 4 nitrogen and oxygen atoms in total. The van der Waals surface area contributed by atoms with Gasteiger partial charge in [0.1, 0.15) is 12.3 Å². The van der Waals surface area contributed by atoms with Gasteiger partial charge in [0.2, 0.25) is 0 Å². The van der Waals surface area contributed by atoms with Gasteiger partial charge in [0.05, 0.1) is 5.69 Å². The fraction of sp³-hybridized carbons (Fsp3) is 0.750. The lowest BCUT2D eigenvalue weighted by Crippen LogP contribution is -2.22. The van der Waals surface area contributed by atoms with Crippen LogP contribution >= 0.6 is 0 Å². The Kier molecular flexibility index (Phi) is 4.52. The molecule has 0 aliphatic heterocycles. The Labute approximate surface area is 105 Å². The van der Waals surface area contributed by atoms with Crippen molar-refractivity contribution >= 4 is 8.07 Å². The molecule has 1 N–H and O–H groups in total. The Balaban J connectivity index is 2.36. The maximum Gasteiger partial charge on any atom is 0.139 e. The van der Waals surface area contributed by atoms with Crippen LogP contribution in [0, 0.1) is 0 Å². The lowest BCUT2D eigenvalue weighted by Gasteiger charge is -2.15. The van der Waals surface area contributed by atoms with Crippen LogP contribution in [0.15, 0.2) is 12.3 Å². The van der Waals surface area contributed by atoms with Crippen LogP contribution in [-0.2, 0) is 17.1 Å². The van der Waals surface area contributed by atoms with E-state index in [0.717, 1.165) is 12.7 Å². The average molecular weight is 256 g/mol. The van der Waals surface area contributed by atoms with E-state index >= 15 is 0 Å². The highest BCUT2D eigenvalue weighted by atomic mass is 28.3. The van der Waals surface area contributed by atoms with Gasteiger partial charge in [0, 0.05) is 20.9 Å². The third-order valence-corrected chi connectivity index (χ3v) is 4.19. The van der Waals surface area contributed by atoms with Crippen molar-refractivity contribution in [1.29, 1.82) is 0 Å². The molecule has 1 aromatic rings. The topological polar surface area (TPSA) is 47.3 Å². The van der Waals surface area contributed by atoms with Crippen LogP contribution in [0.25, 0.3) is 0 Å². The first-order valence-electron chi connectivity index (χ1n) is 6.02. The molecule has 17 heavy (non-hydrogen) atoms. The van der Waals surface area contributed by atoms with Crippen molar-refractivity contribution in [3.8, 4) is 0 Å². The predicted octanol–water partition coefficient (Wildman–Crippen LogP) is 2.42. The SMILES string of the molecule is CC(C)(O)c1ccn(COCC[Si](C)(C)C)n1. The fourth-order valence-corrected chi connectivity index (χ4v) is 2.05. The van der Waals surface area contributed by atoms with E-state index in [9.17, 15) is 5.11 Å². The minimum Gasteiger partial charge on any atom is -0.384 e. The third-order valence-electron chi connectivity index (χ3n) is 2.49. The summed E-state index contributed by atoms with van der Waals surface area (Å²) in [5, 5.41) is 14.0. The normalized spacial score (nSPS) is 13.1. The van der Waals surface area contributed by atoms with E-state index in [2.05, 4.69) is 24.7 Å².